The quantitative estimate of drug-likeness (QED) is 0.869. The van der Waals surface area contributed by atoms with Gasteiger partial charge in [0.05, 0.1) is 6.61 Å². The van der Waals surface area contributed by atoms with Gasteiger partial charge in [0.1, 0.15) is 5.82 Å². The average Bonchev–Trinajstić information content (AvgIpc) is 2.38. The van der Waals surface area contributed by atoms with Crippen molar-refractivity contribution < 1.29 is 9.13 Å². The van der Waals surface area contributed by atoms with E-state index in [-0.39, 0.29) is 11.9 Å². The third-order valence-corrected chi connectivity index (χ3v) is 3.34. The maximum Gasteiger partial charge on any atom is 0.127 e. The number of halogens is 1. The van der Waals surface area contributed by atoms with E-state index in [9.17, 15) is 4.39 Å². The molecule has 0 aromatic heterocycles. The Kier molecular flexibility index (Phi) is 4.51. The van der Waals surface area contributed by atoms with Crippen molar-refractivity contribution >= 4 is 0 Å². The smallest absolute Gasteiger partial charge is 0.127 e. The Bertz CT molecular complexity index is 350. The summed E-state index contributed by atoms with van der Waals surface area (Å²) in [7, 11) is 0. The zero-order valence-electron chi connectivity index (χ0n) is 10.3. The van der Waals surface area contributed by atoms with Gasteiger partial charge in [0.2, 0.25) is 0 Å². The van der Waals surface area contributed by atoms with Crippen LogP contribution in [0, 0.1) is 11.7 Å². The first kappa shape index (κ1) is 12.5. The van der Waals surface area contributed by atoms with Gasteiger partial charge in [-0.2, -0.15) is 0 Å². The van der Waals surface area contributed by atoms with Gasteiger partial charge >= 0.3 is 0 Å². The van der Waals surface area contributed by atoms with Crippen molar-refractivity contribution in [2.45, 2.75) is 25.8 Å². The van der Waals surface area contributed by atoms with Crippen LogP contribution in [0.15, 0.2) is 24.3 Å². The lowest BCUT2D eigenvalue weighted by Crippen LogP contribution is -2.31. The summed E-state index contributed by atoms with van der Waals surface area (Å²) in [4.78, 5) is 0. The summed E-state index contributed by atoms with van der Waals surface area (Å²) in [5.41, 5.74) is 0.740. The van der Waals surface area contributed by atoms with Crippen LogP contribution in [-0.4, -0.2) is 19.8 Å². The van der Waals surface area contributed by atoms with E-state index in [1.54, 1.807) is 6.07 Å². The fraction of sp³-hybridized carbons (Fsp3) is 0.571. The molecule has 0 amide bonds. The fourth-order valence-electron chi connectivity index (χ4n) is 2.25. The molecule has 1 aromatic rings. The lowest BCUT2D eigenvalue weighted by Gasteiger charge is -2.24. The topological polar surface area (TPSA) is 21.3 Å². The summed E-state index contributed by atoms with van der Waals surface area (Å²) in [6.07, 6.45) is 2.34. The Balaban J connectivity index is 1.84. The largest absolute Gasteiger partial charge is 0.381 e. The molecule has 0 aliphatic carbocycles. The Morgan fingerprint density at radius 1 is 1.47 bits per heavy atom. The summed E-state index contributed by atoms with van der Waals surface area (Å²) in [5.74, 6) is 0.436. The summed E-state index contributed by atoms with van der Waals surface area (Å²) in [6, 6.07) is 7.00. The molecule has 1 unspecified atom stereocenters. The van der Waals surface area contributed by atoms with E-state index >= 15 is 0 Å². The summed E-state index contributed by atoms with van der Waals surface area (Å²) >= 11 is 0. The van der Waals surface area contributed by atoms with E-state index in [2.05, 4.69) is 5.32 Å². The fourth-order valence-corrected chi connectivity index (χ4v) is 2.25. The second kappa shape index (κ2) is 6.12. The Morgan fingerprint density at radius 2 is 2.29 bits per heavy atom. The van der Waals surface area contributed by atoms with Gasteiger partial charge in [-0.15, -0.1) is 0 Å². The van der Waals surface area contributed by atoms with Crippen LogP contribution in [0.25, 0.3) is 0 Å². The molecule has 1 aliphatic rings. The zero-order valence-corrected chi connectivity index (χ0v) is 10.3. The van der Waals surface area contributed by atoms with Gasteiger partial charge in [-0.05, 0) is 31.7 Å². The molecule has 2 nitrogen and oxygen atoms in total. The Morgan fingerprint density at radius 3 is 3.00 bits per heavy atom. The molecule has 1 aliphatic heterocycles. The van der Waals surface area contributed by atoms with Crippen molar-refractivity contribution in [1.82, 2.24) is 5.32 Å². The maximum atomic E-state index is 13.5. The predicted molar refractivity (Wildman–Crippen MR) is 66.4 cm³/mol. The van der Waals surface area contributed by atoms with Crippen LogP contribution >= 0.6 is 0 Å². The van der Waals surface area contributed by atoms with E-state index in [0.29, 0.717) is 5.92 Å². The minimum atomic E-state index is -0.132. The first-order valence-electron chi connectivity index (χ1n) is 6.33. The van der Waals surface area contributed by atoms with Crippen LogP contribution in [0.3, 0.4) is 0 Å². The van der Waals surface area contributed by atoms with Crippen LogP contribution in [0.1, 0.15) is 31.4 Å². The van der Waals surface area contributed by atoms with Crippen LogP contribution in [0.2, 0.25) is 0 Å². The standard InChI is InChI=1S/C14H20FNO/c1-11(13-6-2-3-7-14(13)15)16-9-12-5-4-8-17-10-12/h2-3,6-7,11-12,16H,4-5,8-10H2,1H3/t11-,12?/m1/s1. The lowest BCUT2D eigenvalue weighted by atomic mass is 10.0. The van der Waals surface area contributed by atoms with Crippen LogP contribution in [0.4, 0.5) is 4.39 Å². The Hall–Kier alpha value is -0.930. The van der Waals surface area contributed by atoms with Crippen LogP contribution in [0.5, 0.6) is 0 Å². The molecule has 3 heteroatoms. The number of hydrogen-bond donors (Lipinski definition) is 1. The van der Waals surface area contributed by atoms with E-state index in [1.807, 2.05) is 19.1 Å². The molecule has 1 saturated heterocycles. The van der Waals surface area contributed by atoms with Crippen molar-refractivity contribution in [2.75, 3.05) is 19.8 Å². The molecule has 1 N–H and O–H groups in total. The zero-order chi connectivity index (χ0) is 12.1. The number of nitrogens with one attached hydrogen (secondary N) is 1. The Labute approximate surface area is 102 Å². The molecular formula is C14H20FNO. The predicted octanol–water partition coefficient (Wildman–Crippen LogP) is 2.90. The molecule has 1 aromatic carbocycles. The second-order valence-corrected chi connectivity index (χ2v) is 4.73. The molecule has 2 rings (SSSR count). The van der Waals surface area contributed by atoms with Crippen molar-refractivity contribution in [3.05, 3.63) is 35.6 Å². The van der Waals surface area contributed by atoms with Gasteiger partial charge in [-0.3, -0.25) is 0 Å². The SMILES string of the molecule is C[C@@H](NCC1CCCOC1)c1ccccc1F. The summed E-state index contributed by atoms with van der Waals surface area (Å²) in [6.45, 7) is 4.62. The second-order valence-electron chi connectivity index (χ2n) is 4.73. The van der Waals surface area contributed by atoms with E-state index < -0.39 is 0 Å². The van der Waals surface area contributed by atoms with Crippen molar-refractivity contribution in [1.29, 1.82) is 0 Å². The monoisotopic (exact) mass is 237 g/mol. The molecule has 0 spiro atoms. The molecule has 0 bridgehead atoms. The van der Waals surface area contributed by atoms with Crippen molar-refractivity contribution in [3.63, 3.8) is 0 Å². The van der Waals surface area contributed by atoms with Gasteiger partial charge in [-0.25, -0.2) is 4.39 Å². The van der Waals surface area contributed by atoms with Gasteiger partial charge < -0.3 is 10.1 Å². The number of benzene rings is 1. The molecule has 0 saturated carbocycles. The number of hydrogen-bond acceptors (Lipinski definition) is 2. The molecule has 17 heavy (non-hydrogen) atoms. The van der Waals surface area contributed by atoms with E-state index in [0.717, 1.165) is 31.7 Å². The van der Waals surface area contributed by atoms with E-state index in [1.165, 1.54) is 12.5 Å². The normalized spacial score (nSPS) is 22.4. The third kappa shape index (κ3) is 3.51. The van der Waals surface area contributed by atoms with E-state index in [4.69, 9.17) is 4.74 Å². The minimum Gasteiger partial charge on any atom is -0.381 e. The molecule has 1 fully saturated rings. The third-order valence-electron chi connectivity index (χ3n) is 3.34. The van der Waals surface area contributed by atoms with Gasteiger partial charge in [-0.1, -0.05) is 18.2 Å². The molecular weight excluding hydrogens is 217 g/mol. The van der Waals surface area contributed by atoms with Crippen molar-refractivity contribution in [3.8, 4) is 0 Å². The molecule has 94 valence electrons. The maximum absolute atomic E-state index is 13.5. The molecule has 2 atom stereocenters. The summed E-state index contributed by atoms with van der Waals surface area (Å²) < 4.78 is 19.0. The van der Waals surface area contributed by atoms with Crippen LogP contribution < -0.4 is 5.32 Å². The molecule has 0 radical (unpaired) electrons. The number of rotatable bonds is 4. The first-order valence-corrected chi connectivity index (χ1v) is 6.33. The lowest BCUT2D eigenvalue weighted by molar-refractivity contribution is 0.0539. The highest BCUT2D eigenvalue weighted by Crippen LogP contribution is 2.18. The summed E-state index contributed by atoms with van der Waals surface area (Å²) in [5, 5.41) is 3.39. The minimum absolute atomic E-state index is 0.0538. The highest BCUT2D eigenvalue weighted by Gasteiger charge is 2.16. The van der Waals surface area contributed by atoms with Gasteiger partial charge in [0.25, 0.3) is 0 Å². The highest BCUT2D eigenvalue weighted by molar-refractivity contribution is 5.20. The average molecular weight is 237 g/mol. The number of ether oxygens (including phenoxy) is 1. The first-order chi connectivity index (χ1) is 8.27. The van der Waals surface area contributed by atoms with Crippen LogP contribution in [-0.2, 0) is 4.74 Å². The van der Waals surface area contributed by atoms with Gasteiger partial charge in [0.15, 0.2) is 0 Å². The van der Waals surface area contributed by atoms with Crippen molar-refractivity contribution in [2.24, 2.45) is 5.92 Å². The van der Waals surface area contributed by atoms with Gasteiger partial charge in [0, 0.05) is 24.8 Å². The highest BCUT2D eigenvalue weighted by atomic mass is 19.1. The molecule has 1 heterocycles.